The van der Waals surface area contributed by atoms with Gasteiger partial charge in [-0.15, -0.1) is 0 Å². The van der Waals surface area contributed by atoms with Gasteiger partial charge in [-0.2, -0.15) is 0 Å². The lowest BCUT2D eigenvalue weighted by molar-refractivity contribution is 0.0455. The second-order valence-electron chi connectivity index (χ2n) is 6.75. The molecule has 1 aliphatic carbocycles. The summed E-state index contributed by atoms with van der Waals surface area (Å²) in [6.45, 7) is 9.53. The summed E-state index contributed by atoms with van der Waals surface area (Å²) in [7, 11) is 0. The molecule has 2 rings (SSSR count). The molecule has 2 nitrogen and oxygen atoms in total. The summed E-state index contributed by atoms with van der Waals surface area (Å²) < 4.78 is 5.92. The van der Waals surface area contributed by atoms with Gasteiger partial charge in [0.15, 0.2) is 0 Å². The fourth-order valence-electron chi connectivity index (χ4n) is 2.10. The van der Waals surface area contributed by atoms with Gasteiger partial charge in [0, 0.05) is 12.6 Å². The third-order valence-electron chi connectivity index (χ3n) is 3.89. The van der Waals surface area contributed by atoms with Gasteiger partial charge in [0.25, 0.3) is 0 Å². The Balaban J connectivity index is 1.75. The van der Waals surface area contributed by atoms with Gasteiger partial charge in [0.1, 0.15) is 0 Å². The number of ether oxygens (including phenoxy) is 1. The van der Waals surface area contributed by atoms with Crippen LogP contribution in [0.4, 0.5) is 0 Å². The monoisotopic (exact) mass is 261 g/mol. The van der Waals surface area contributed by atoms with Crippen LogP contribution in [0.2, 0.25) is 0 Å². The van der Waals surface area contributed by atoms with Crippen molar-refractivity contribution in [1.82, 2.24) is 5.32 Å². The first-order valence-corrected chi connectivity index (χ1v) is 7.41. The molecule has 1 aromatic rings. The molecule has 106 valence electrons. The topological polar surface area (TPSA) is 21.3 Å². The molecule has 0 radical (unpaired) electrons. The molecule has 1 aromatic carbocycles. The molecule has 1 fully saturated rings. The Morgan fingerprint density at radius 2 is 1.89 bits per heavy atom. The predicted molar refractivity (Wildman–Crippen MR) is 80.1 cm³/mol. The molecule has 2 heteroatoms. The van der Waals surface area contributed by atoms with Crippen LogP contribution in [0.3, 0.4) is 0 Å². The molecule has 1 aliphatic rings. The highest BCUT2D eigenvalue weighted by atomic mass is 16.5. The summed E-state index contributed by atoms with van der Waals surface area (Å²) in [5.41, 5.74) is 1.55. The van der Waals surface area contributed by atoms with E-state index in [1.807, 2.05) is 6.07 Å². The summed E-state index contributed by atoms with van der Waals surface area (Å²) in [5.74, 6) is 0.566. The molecule has 0 bridgehead atoms. The van der Waals surface area contributed by atoms with Gasteiger partial charge in [-0.25, -0.2) is 0 Å². The van der Waals surface area contributed by atoms with E-state index in [1.165, 1.54) is 18.4 Å². The first-order chi connectivity index (χ1) is 9.05. The van der Waals surface area contributed by atoms with Crippen LogP contribution in [-0.4, -0.2) is 19.2 Å². The third kappa shape index (κ3) is 5.33. The van der Waals surface area contributed by atoms with Gasteiger partial charge in [-0.05, 0) is 29.7 Å². The Morgan fingerprint density at radius 1 is 1.21 bits per heavy atom. The summed E-state index contributed by atoms with van der Waals surface area (Å²) in [4.78, 5) is 0. The van der Waals surface area contributed by atoms with Gasteiger partial charge in [-0.3, -0.25) is 0 Å². The van der Waals surface area contributed by atoms with Crippen molar-refractivity contribution in [3.05, 3.63) is 35.9 Å². The van der Waals surface area contributed by atoms with Gasteiger partial charge >= 0.3 is 0 Å². The van der Waals surface area contributed by atoms with Crippen molar-refractivity contribution in [2.45, 2.75) is 46.3 Å². The lowest BCUT2D eigenvalue weighted by atomic mass is 9.81. The van der Waals surface area contributed by atoms with Crippen molar-refractivity contribution in [1.29, 1.82) is 0 Å². The predicted octanol–water partition coefficient (Wildman–Crippen LogP) is 3.62. The zero-order valence-electron chi connectivity index (χ0n) is 12.5. The van der Waals surface area contributed by atoms with E-state index in [2.05, 4.69) is 50.4 Å². The number of benzene rings is 1. The highest BCUT2D eigenvalue weighted by molar-refractivity contribution is 5.13. The van der Waals surface area contributed by atoms with Crippen LogP contribution in [0.5, 0.6) is 0 Å². The maximum atomic E-state index is 5.92. The van der Waals surface area contributed by atoms with Crippen LogP contribution < -0.4 is 5.32 Å². The fourth-order valence-corrected chi connectivity index (χ4v) is 2.10. The van der Waals surface area contributed by atoms with Gasteiger partial charge in [0.2, 0.25) is 0 Å². The number of hydrogen-bond donors (Lipinski definition) is 1. The van der Waals surface area contributed by atoms with Crippen LogP contribution in [-0.2, 0) is 11.3 Å². The lowest BCUT2D eigenvalue weighted by Crippen LogP contribution is -2.36. The maximum Gasteiger partial charge on any atom is 0.0717 e. The zero-order chi connectivity index (χ0) is 13.7. The van der Waals surface area contributed by atoms with Crippen molar-refractivity contribution < 1.29 is 4.74 Å². The van der Waals surface area contributed by atoms with E-state index >= 15 is 0 Å². The highest BCUT2D eigenvalue weighted by Gasteiger charge is 2.28. The second kappa shape index (κ2) is 6.53. The summed E-state index contributed by atoms with van der Waals surface area (Å²) in [6.07, 6.45) is 2.70. The Bertz CT molecular complexity index is 365. The van der Waals surface area contributed by atoms with Crippen LogP contribution in [0.15, 0.2) is 30.3 Å². The van der Waals surface area contributed by atoms with E-state index < -0.39 is 0 Å². The summed E-state index contributed by atoms with van der Waals surface area (Å²) in [6, 6.07) is 11.2. The Morgan fingerprint density at radius 3 is 2.47 bits per heavy atom. The molecule has 0 heterocycles. The largest absolute Gasteiger partial charge is 0.376 e. The summed E-state index contributed by atoms with van der Waals surface area (Å²) in [5, 5.41) is 3.63. The van der Waals surface area contributed by atoms with Gasteiger partial charge < -0.3 is 10.1 Å². The first kappa shape index (κ1) is 14.5. The fraction of sp³-hybridized carbons (Fsp3) is 0.647. The lowest BCUT2D eigenvalue weighted by Gasteiger charge is -2.31. The minimum atomic E-state index is 0.290. The van der Waals surface area contributed by atoms with E-state index in [9.17, 15) is 0 Å². The molecular formula is C17H27NO. The van der Waals surface area contributed by atoms with E-state index in [-0.39, 0.29) is 0 Å². The smallest absolute Gasteiger partial charge is 0.0717 e. The van der Waals surface area contributed by atoms with E-state index in [4.69, 9.17) is 4.74 Å². The molecule has 1 N–H and O–H groups in total. The van der Waals surface area contributed by atoms with E-state index in [1.54, 1.807) is 0 Å². The van der Waals surface area contributed by atoms with E-state index in [0.29, 0.717) is 11.3 Å². The number of rotatable bonds is 7. The van der Waals surface area contributed by atoms with Gasteiger partial charge in [-0.1, -0.05) is 51.1 Å². The average molecular weight is 261 g/mol. The first-order valence-electron chi connectivity index (χ1n) is 7.41. The minimum Gasteiger partial charge on any atom is -0.376 e. The van der Waals surface area contributed by atoms with Crippen LogP contribution in [0.1, 0.15) is 39.2 Å². The molecule has 19 heavy (non-hydrogen) atoms. The molecule has 1 atom stereocenters. The van der Waals surface area contributed by atoms with E-state index in [0.717, 1.165) is 25.8 Å². The van der Waals surface area contributed by atoms with Crippen molar-refractivity contribution >= 4 is 0 Å². The molecule has 0 amide bonds. The normalized spacial score (nSPS) is 17.4. The Labute approximate surface area is 117 Å². The van der Waals surface area contributed by atoms with Crippen LogP contribution >= 0.6 is 0 Å². The highest BCUT2D eigenvalue weighted by Crippen LogP contribution is 2.27. The Kier molecular flexibility index (Phi) is 5.00. The summed E-state index contributed by atoms with van der Waals surface area (Å²) >= 11 is 0. The number of hydrogen-bond acceptors (Lipinski definition) is 2. The molecule has 0 aromatic heterocycles. The standard InChI is InChI=1S/C17H27NO/c1-17(2,3)15(11-18-16-9-10-16)13-19-12-14-7-5-4-6-8-14/h4-8,15-16,18H,9-13H2,1-3H3. The SMILES string of the molecule is CC(C)(C)C(CNC1CC1)COCc1ccccc1. The quantitative estimate of drug-likeness (QED) is 0.809. The zero-order valence-corrected chi connectivity index (χ0v) is 12.5. The second-order valence-corrected chi connectivity index (χ2v) is 6.75. The third-order valence-corrected chi connectivity index (χ3v) is 3.89. The average Bonchev–Trinajstić information content (AvgIpc) is 3.17. The molecule has 0 saturated heterocycles. The minimum absolute atomic E-state index is 0.290. The molecule has 0 aliphatic heterocycles. The van der Waals surface area contributed by atoms with Gasteiger partial charge in [0.05, 0.1) is 13.2 Å². The maximum absolute atomic E-state index is 5.92. The molecule has 0 spiro atoms. The number of nitrogens with one attached hydrogen (secondary N) is 1. The molecule has 1 saturated carbocycles. The van der Waals surface area contributed by atoms with Crippen molar-refractivity contribution in [3.8, 4) is 0 Å². The Hall–Kier alpha value is -0.860. The van der Waals surface area contributed by atoms with Crippen molar-refractivity contribution in [2.24, 2.45) is 11.3 Å². The van der Waals surface area contributed by atoms with Crippen molar-refractivity contribution in [2.75, 3.05) is 13.2 Å². The van der Waals surface area contributed by atoms with Crippen molar-refractivity contribution in [3.63, 3.8) is 0 Å². The molecule has 1 unspecified atom stereocenters. The van der Waals surface area contributed by atoms with Crippen LogP contribution in [0, 0.1) is 11.3 Å². The van der Waals surface area contributed by atoms with Crippen LogP contribution in [0.25, 0.3) is 0 Å². The molecular weight excluding hydrogens is 234 g/mol.